The Morgan fingerprint density at radius 1 is 0.704 bits per heavy atom. The van der Waals surface area contributed by atoms with Crippen LogP contribution in [-0.4, -0.2) is 24.6 Å². The number of hydrogen-bond donors (Lipinski definition) is 2. The fourth-order valence-electron chi connectivity index (χ4n) is 3.22. The number of ketones is 1. The van der Waals surface area contributed by atoms with Crippen LogP contribution in [0.15, 0.2) is 66.7 Å². The van der Waals surface area contributed by atoms with Crippen molar-refractivity contribution >= 4 is 23.3 Å². The van der Waals surface area contributed by atoms with Gasteiger partial charge in [-0.3, -0.25) is 14.4 Å². The molecule has 0 aromatic heterocycles. The number of carbonyl (C=O) groups is 3. The molecule has 3 aromatic rings. The Hall–Kier alpha value is -3.73. The van der Waals surface area contributed by atoms with Crippen LogP contribution in [0.4, 0.5) is 5.69 Å². The van der Waals surface area contributed by atoms with Crippen molar-refractivity contribution in [2.75, 3.05) is 12.4 Å². The number of benzene rings is 3. The molecular formula is C22H16N2O3. The summed E-state index contributed by atoms with van der Waals surface area (Å²) < 4.78 is 0. The van der Waals surface area contributed by atoms with E-state index < -0.39 is 0 Å². The lowest BCUT2D eigenvalue weighted by molar-refractivity contribution is 0.0961. The lowest BCUT2D eigenvalue weighted by atomic mass is 10.0. The highest BCUT2D eigenvalue weighted by Crippen LogP contribution is 2.36. The van der Waals surface area contributed by atoms with E-state index in [-0.39, 0.29) is 17.6 Å². The molecule has 2 amide bonds. The second-order valence-corrected chi connectivity index (χ2v) is 6.25. The molecule has 3 aromatic carbocycles. The fraction of sp³-hybridized carbons (Fsp3) is 0.0455. The largest absolute Gasteiger partial charge is 0.355 e. The first kappa shape index (κ1) is 16.7. The molecule has 4 rings (SSSR count). The van der Waals surface area contributed by atoms with Crippen molar-refractivity contribution in [2.45, 2.75) is 0 Å². The molecule has 27 heavy (non-hydrogen) atoms. The average Bonchev–Trinajstić information content (AvgIpc) is 3.00. The number of carbonyl (C=O) groups excluding carboxylic acids is 3. The van der Waals surface area contributed by atoms with Gasteiger partial charge in [0.25, 0.3) is 11.8 Å². The minimum atomic E-state index is -0.311. The van der Waals surface area contributed by atoms with Gasteiger partial charge < -0.3 is 10.6 Å². The molecule has 0 saturated heterocycles. The standard InChI is InChI=1S/C22H16N2O3/c1-23-21(26)13-6-9-15(10-7-13)24-22(27)14-8-11-17-16-4-2-3-5-18(16)20(25)19(17)12-14/h2-12H,1H3,(H,23,26)(H,24,27). The minimum absolute atomic E-state index is 0.0646. The van der Waals surface area contributed by atoms with E-state index in [2.05, 4.69) is 10.6 Å². The second-order valence-electron chi connectivity index (χ2n) is 6.25. The SMILES string of the molecule is CNC(=O)c1ccc(NC(=O)c2ccc3c(c2)C(=O)c2ccccc2-3)cc1. The van der Waals surface area contributed by atoms with E-state index in [1.807, 2.05) is 24.3 Å². The fourth-order valence-corrected chi connectivity index (χ4v) is 3.22. The van der Waals surface area contributed by atoms with Crippen molar-refractivity contribution in [1.29, 1.82) is 0 Å². The van der Waals surface area contributed by atoms with Crippen LogP contribution in [0.2, 0.25) is 0 Å². The number of amides is 2. The summed E-state index contributed by atoms with van der Waals surface area (Å²) in [5, 5.41) is 5.33. The van der Waals surface area contributed by atoms with Crippen LogP contribution in [0, 0.1) is 0 Å². The van der Waals surface area contributed by atoms with Crippen LogP contribution in [0.3, 0.4) is 0 Å². The van der Waals surface area contributed by atoms with Crippen molar-refractivity contribution < 1.29 is 14.4 Å². The van der Waals surface area contributed by atoms with Gasteiger partial charge in [-0.1, -0.05) is 30.3 Å². The van der Waals surface area contributed by atoms with Gasteiger partial charge in [-0.15, -0.1) is 0 Å². The highest BCUT2D eigenvalue weighted by atomic mass is 16.2. The van der Waals surface area contributed by atoms with Gasteiger partial charge in [0.1, 0.15) is 0 Å². The summed E-state index contributed by atoms with van der Waals surface area (Å²) in [5.74, 6) is -0.566. The maximum atomic E-state index is 12.6. The zero-order valence-corrected chi connectivity index (χ0v) is 14.6. The van der Waals surface area contributed by atoms with E-state index in [4.69, 9.17) is 0 Å². The number of nitrogens with one attached hydrogen (secondary N) is 2. The molecule has 1 aliphatic carbocycles. The first-order valence-electron chi connectivity index (χ1n) is 8.50. The first-order chi connectivity index (χ1) is 13.1. The number of anilines is 1. The topological polar surface area (TPSA) is 75.3 Å². The Kier molecular flexibility index (Phi) is 4.05. The predicted octanol–water partition coefficient (Wildman–Crippen LogP) is 3.51. The van der Waals surface area contributed by atoms with Gasteiger partial charge in [0.15, 0.2) is 5.78 Å². The van der Waals surface area contributed by atoms with Gasteiger partial charge in [-0.25, -0.2) is 0 Å². The zero-order chi connectivity index (χ0) is 19.0. The molecule has 5 nitrogen and oxygen atoms in total. The molecule has 0 spiro atoms. The summed E-state index contributed by atoms with van der Waals surface area (Å²) in [5.41, 5.74) is 4.44. The van der Waals surface area contributed by atoms with E-state index >= 15 is 0 Å². The van der Waals surface area contributed by atoms with Crippen LogP contribution in [0.5, 0.6) is 0 Å². The van der Waals surface area contributed by atoms with Crippen molar-refractivity contribution in [3.8, 4) is 11.1 Å². The average molecular weight is 356 g/mol. The van der Waals surface area contributed by atoms with E-state index in [1.165, 1.54) is 0 Å². The monoisotopic (exact) mass is 356 g/mol. The highest BCUT2D eigenvalue weighted by Gasteiger charge is 2.27. The Morgan fingerprint density at radius 3 is 2.04 bits per heavy atom. The van der Waals surface area contributed by atoms with Gasteiger partial charge in [0.05, 0.1) is 0 Å². The van der Waals surface area contributed by atoms with Crippen molar-refractivity contribution in [1.82, 2.24) is 5.32 Å². The summed E-state index contributed by atoms with van der Waals surface area (Å²) in [4.78, 5) is 36.7. The number of rotatable bonds is 3. The maximum Gasteiger partial charge on any atom is 0.255 e. The zero-order valence-electron chi connectivity index (χ0n) is 14.6. The molecule has 0 heterocycles. The Balaban J connectivity index is 1.57. The molecule has 0 fully saturated rings. The van der Waals surface area contributed by atoms with Crippen molar-refractivity contribution in [2.24, 2.45) is 0 Å². The van der Waals surface area contributed by atoms with Crippen LogP contribution in [-0.2, 0) is 0 Å². The maximum absolute atomic E-state index is 12.6. The summed E-state index contributed by atoms with van der Waals surface area (Å²) in [7, 11) is 1.56. The molecule has 0 unspecified atom stereocenters. The van der Waals surface area contributed by atoms with Crippen LogP contribution in [0.25, 0.3) is 11.1 Å². The van der Waals surface area contributed by atoms with Crippen molar-refractivity contribution in [3.63, 3.8) is 0 Å². The first-order valence-corrected chi connectivity index (χ1v) is 8.50. The summed E-state index contributed by atoms with van der Waals surface area (Å²) >= 11 is 0. The van der Waals surface area contributed by atoms with E-state index in [1.54, 1.807) is 49.5 Å². The highest BCUT2D eigenvalue weighted by molar-refractivity contribution is 6.22. The van der Waals surface area contributed by atoms with Gasteiger partial charge in [-0.05, 0) is 47.5 Å². The summed E-state index contributed by atoms with van der Waals surface area (Å²) in [6, 6.07) is 19.2. The Morgan fingerprint density at radius 2 is 1.33 bits per heavy atom. The van der Waals surface area contributed by atoms with Gasteiger partial charge in [-0.2, -0.15) is 0 Å². The van der Waals surface area contributed by atoms with E-state index in [0.29, 0.717) is 27.9 Å². The Labute approximate surface area is 156 Å². The van der Waals surface area contributed by atoms with Crippen LogP contribution in [0.1, 0.15) is 36.6 Å². The van der Waals surface area contributed by atoms with Gasteiger partial charge in [0, 0.05) is 35.0 Å². The van der Waals surface area contributed by atoms with Crippen LogP contribution < -0.4 is 10.6 Å². The third-order valence-corrected chi connectivity index (χ3v) is 4.62. The van der Waals surface area contributed by atoms with Gasteiger partial charge >= 0.3 is 0 Å². The number of fused-ring (bicyclic) bond motifs is 3. The molecule has 0 atom stereocenters. The Bertz CT molecular complexity index is 1080. The minimum Gasteiger partial charge on any atom is -0.355 e. The second kappa shape index (κ2) is 6.53. The molecule has 132 valence electrons. The quantitative estimate of drug-likeness (QED) is 0.590. The smallest absolute Gasteiger partial charge is 0.255 e. The molecule has 5 heteroatoms. The summed E-state index contributed by atoms with van der Waals surface area (Å²) in [6.07, 6.45) is 0. The molecular weight excluding hydrogens is 340 g/mol. The lowest BCUT2D eigenvalue weighted by Crippen LogP contribution is -2.18. The normalized spacial score (nSPS) is 11.5. The molecule has 0 radical (unpaired) electrons. The van der Waals surface area contributed by atoms with E-state index in [9.17, 15) is 14.4 Å². The van der Waals surface area contributed by atoms with Crippen molar-refractivity contribution in [3.05, 3.63) is 89.0 Å². The lowest BCUT2D eigenvalue weighted by Gasteiger charge is -2.08. The number of hydrogen-bond acceptors (Lipinski definition) is 3. The predicted molar refractivity (Wildman–Crippen MR) is 103 cm³/mol. The summed E-state index contributed by atoms with van der Waals surface area (Å²) in [6.45, 7) is 0. The molecule has 0 aliphatic heterocycles. The third kappa shape index (κ3) is 2.89. The van der Waals surface area contributed by atoms with Crippen LogP contribution >= 0.6 is 0 Å². The van der Waals surface area contributed by atoms with Gasteiger partial charge in [0.2, 0.25) is 0 Å². The molecule has 2 N–H and O–H groups in total. The molecule has 1 aliphatic rings. The van der Waals surface area contributed by atoms with E-state index in [0.717, 1.165) is 11.1 Å². The molecule has 0 bridgehead atoms. The molecule has 0 saturated carbocycles. The third-order valence-electron chi connectivity index (χ3n) is 4.62.